The highest BCUT2D eigenvalue weighted by Crippen LogP contribution is 2.40. The Bertz CT molecular complexity index is 1600. The lowest BCUT2D eigenvalue weighted by Gasteiger charge is -2.25. The van der Waals surface area contributed by atoms with Crippen molar-refractivity contribution in [1.82, 2.24) is 20.3 Å². The third-order valence-corrected chi connectivity index (χ3v) is 9.20. The number of nitriles is 1. The summed E-state index contributed by atoms with van der Waals surface area (Å²) in [6, 6.07) is 8.90. The molecule has 0 radical (unpaired) electrons. The highest BCUT2D eigenvalue weighted by atomic mass is 32.1. The second-order valence-electron chi connectivity index (χ2n) is 10.6. The van der Waals surface area contributed by atoms with Crippen molar-refractivity contribution in [3.8, 4) is 6.07 Å². The second kappa shape index (κ2) is 9.83. The van der Waals surface area contributed by atoms with E-state index < -0.39 is 12.6 Å². The Morgan fingerprint density at radius 1 is 1.21 bits per heavy atom. The van der Waals surface area contributed by atoms with Gasteiger partial charge in [-0.15, -0.1) is 11.3 Å². The molecule has 1 aliphatic carbocycles. The zero-order valence-corrected chi connectivity index (χ0v) is 22.1. The molecule has 4 aromatic rings. The number of fused-ring (bicyclic) bond motifs is 2. The Labute approximate surface area is 227 Å². The molecule has 39 heavy (non-hydrogen) atoms. The van der Waals surface area contributed by atoms with Gasteiger partial charge in [0.1, 0.15) is 28.7 Å². The summed E-state index contributed by atoms with van der Waals surface area (Å²) in [5.74, 6) is 1.13. The number of aryl methyl sites for hydroxylation is 1. The van der Waals surface area contributed by atoms with Gasteiger partial charge < -0.3 is 15.2 Å². The molecular formula is C28H27F3N6OS. The van der Waals surface area contributed by atoms with E-state index in [-0.39, 0.29) is 22.7 Å². The molecule has 2 N–H and O–H groups in total. The third-order valence-electron chi connectivity index (χ3n) is 8.16. The number of carbonyl (C=O) groups is 1. The fourth-order valence-corrected chi connectivity index (χ4v) is 7.37. The normalized spacial score (nSPS) is 20.2. The maximum absolute atomic E-state index is 13.6. The molecule has 4 heterocycles. The summed E-state index contributed by atoms with van der Waals surface area (Å²) in [5.41, 5.74) is 2.63. The number of nitrogens with one attached hydrogen (secondary N) is 2. The minimum atomic E-state index is -4.29. The second-order valence-corrected chi connectivity index (χ2v) is 11.7. The predicted molar refractivity (Wildman–Crippen MR) is 144 cm³/mol. The van der Waals surface area contributed by atoms with Crippen molar-refractivity contribution in [2.45, 2.75) is 51.2 Å². The average Bonchev–Trinajstić information content (AvgIpc) is 3.67. The van der Waals surface area contributed by atoms with Gasteiger partial charge in [0.2, 0.25) is 0 Å². The van der Waals surface area contributed by atoms with E-state index in [0.29, 0.717) is 46.3 Å². The number of benzene rings is 1. The summed E-state index contributed by atoms with van der Waals surface area (Å²) in [6.07, 6.45) is 0.658. The van der Waals surface area contributed by atoms with Crippen molar-refractivity contribution < 1.29 is 18.0 Å². The molecule has 1 aromatic carbocycles. The molecule has 2 atom stereocenters. The number of anilines is 1. The highest BCUT2D eigenvalue weighted by molar-refractivity contribution is 7.18. The molecule has 2 fully saturated rings. The number of nitrogens with zero attached hydrogens (tertiary/aromatic N) is 4. The number of H-pyrrole nitrogens is 1. The number of hydrogen-bond acceptors (Lipinski definition) is 6. The molecule has 7 nitrogen and oxygen atoms in total. The molecule has 2 aliphatic rings. The molecule has 1 amide bonds. The van der Waals surface area contributed by atoms with Crippen LogP contribution in [-0.2, 0) is 6.42 Å². The molecule has 11 heteroatoms. The summed E-state index contributed by atoms with van der Waals surface area (Å²) >= 11 is 1.05. The molecule has 1 saturated heterocycles. The number of aromatic nitrogens is 3. The quantitative estimate of drug-likeness (QED) is 0.322. The summed E-state index contributed by atoms with van der Waals surface area (Å²) in [5, 5.41) is 14.0. The van der Waals surface area contributed by atoms with Crippen molar-refractivity contribution in [2.24, 2.45) is 11.8 Å². The van der Waals surface area contributed by atoms with Crippen LogP contribution in [0.1, 0.15) is 52.2 Å². The van der Waals surface area contributed by atoms with Crippen molar-refractivity contribution in [3.05, 3.63) is 52.3 Å². The van der Waals surface area contributed by atoms with Crippen molar-refractivity contribution in [2.75, 3.05) is 18.0 Å². The predicted octanol–water partition coefficient (Wildman–Crippen LogP) is 5.88. The van der Waals surface area contributed by atoms with E-state index in [9.17, 15) is 23.2 Å². The zero-order valence-electron chi connectivity index (χ0n) is 21.3. The number of thiophene rings is 1. The van der Waals surface area contributed by atoms with Crippen LogP contribution in [0.4, 0.5) is 19.0 Å². The molecule has 0 spiro atoms. The molecule has 1 saturated carbocycles. The van der Waals surface area contributed by atoms with E-state index in [0.717, 1.165) is 53.5 Å². The highest BCUT2D eigenvalue weighted by Gasteiger charge is 2.41. The van der Waals surface area contributed by atoms with Gasteiger partial charge in [0.25, 0.3) is 5.91 Å². The molecule has 6 rings (SSSR count). The van der Waals surface area contributed by atoms with Crippen molar-refractivity contribution in [3.63, 3.8) is 0 Å². The summed E-state index contributed by atoms with van der Waals surface area (Å²) in [6.45, 7) is 3.08. The van der Waals surface area contributed by atoms with Gasteiger partial charge in [0, 0.05) is 40.4 Å². The standard InChI is InChI=1S/C28H27F3N6OS/c1-15-19(6-7-23-20(15)8-17(11-32)35-23)26(38)36-24-13-37(12-22(24)16-4-2-3-5-16)25-21-9-18(10-28(29,30)31)39-27(21)34-14-33-25/h6-9,14,16,22,24,35H,2-5,10,12-13H2,1H3,(H,36,38). The first kappa shape index (κ1) is 25.6. The lowest BCUT2D eigenvalue weighted by molar-refractivity contribution is -0.126. The van der Waals surface area contributed by atoms with Crippen LogP contribution in [0.2, 0.25) is 0 Å². The van der Waals surface area contributed by atoms with Gasteiger partial charge in [-0.25, -0.2) is 9.97 Å². The summed E-state index contributed by atoms with van der Waals surface area (Å²) in [7, 11) is 0. The van der Waals surface area contributed by atoms with Gasteiger partial charge >= 0.3 is 6.18 Å². The molecule has 3 aromatic heterocycles. The van der Waals surface area contributed by atoms with Crippen LogP contribution < -0.4 is 10.2 Å². The fourth-order valence-electron chi connectivity index (χ4n) is 6.35. The van der Waals surface area contributed by atoms with Gasteiger partial charge in [0.15, 0.2) is 0 Å². The number of amides is 1. The first-order chi connectivity index (χ1) is 18.7. The van der Waals surface area contributed by atoms with E-state index in [1.54, 1.807) is 18.2 Å². The molecule has 1 aliphatic heterocycles. The summed E-state index contributed by atoms with van der Waals surface area (Å²) in [4.78, 5) is 28.2. The van der Waals surface area contributed by atoms with E-state index in [1.165, 1.54) is 6.33 Å². The summed E-state index contributed by atoms with van der Waals surface area (Å²) < 4.78 is 39.1. The number of hydrogen-bond donors (Lipinski definition) is 2. The first-order valence-corrected chi connectivity index (χ1v) is 13.9. The van der Waals surface area contributed by atoms with E-state index in [1.807, 2.05) is 13.0 Å². The van der Waals surface area contributed by atoms with E-state index >= 15 is 0 Å². The Kier molecular flexibility index (Phi) is 6.46. The molecule has 202 valence electrons. The third kappa shape index (κ3) is 4.93. The molecule has 0 bridgehead atoms. The fraction of sp³-hybridized carbons (Fsp3) is 0.429. The largest absolute Gasteiger partial charge is 0.393 e. The van der Waals surface area contributed by atoms with Gasteiger partial charge in [-0.05, 0) is 42.7 Å². The molecular weight excluding hydrogens is 525 g/mol. The van der Waals surface area contributed by atoms with Crippen LogP contribution in [0.5, 0.6) is 0 Å². The van der Waals surface area contributed by atoms with Crippen LogP contribution in [0.3, 0.4) is 0 Å². The van der Waals surface area contributed by atoms with Crippen LogP contribution in [-0.4, -0.2) is 46.2 Å². The smallest absolute Gasteiger partial charge is 0.354 e. The van der Waals surface area contributed by atoms with Crippen molar-refractivity contribution in [1.29, 1.82) is 5.26 Å². The Balaban J connectivity index is 1.29. The minimum Gasteiger partial charge on any atom is -0.354 e. The monoisotopic (exact) mass is 552 g/mol. The van der Waals surface area contributed by atoms with Crippen LogP contribution in [0.15, 0.2) is 30.6 Å². The van der Waals surface area contributed by atoms with Crippen molar-refractivity contribution >= 4 is 44.2 Å². The lowest BCUT2D eigenvalue weighted by Crippen LogP contribution is -2.42. The van der Waals surface area contributed by atoms with Gasteiger partial charge in [0.05, 0.1) is 17.8 Å². The van der Waals surface area contributed by atoms with Crippen LogP contribution >= 0.6 is 11.3 Å². The maximum atomic E-state index is 13.6. The zero-order chi connectivity index (χ0) is 27.3. The number of rotatable bonds is 5. The van der Waals surface area contributed by atoms with Crippen LogP contribution in [0, 0.1) is 30.1 Å². The SMILES string of the molecule is Cc1c(C(=O)NC2CN(c3ncnc4sc(CC(F)(F)F)cc34)CC2C2CCCC2)ccc2[nH]c(C#N)cc12. The topological polar surface area (TPSA) is 97.7 Å². The Morgan fingerprint density at radius 3 is 2.74 bits per heavy atom. The number of halogens is 3. The van der Waals surface area contributed by atoms with Gasteiger partial charge in [-0.3, -0.25) is 4.79 Å². The number of carbonyl (C=O) groups excluding carboxylic acids is 1. The Morgan fingerprint density at radius 2 is 2.00 bits per heavy atom. The maximum Gasteiger partial charge on any atom is 0.393 e. The minimum absolute atomic E-state index is 0.130. The van der Waals surface area contributed by atoms with E-state index in [2.05, 4.69) is 31.2 Å². The van der Waals surface area contributed by atoms with Gasteiger partial charge in [-0.2, -0.15) is 18.4 Å². The number of alkyl halides is 3. The van der Waals surface area contributed by atoms with Gasteiger partial charge in [-0.1, -0.05) is 25.7 Å². The van der Waals surface area contributed by atoms with E-state index in [4.69, 9.17) is 0 Å². The lowest BCUT2D eigenvalue weighted by atomic mass is 9.87. The number of aromatic amines is 1. The Hall–Kier alpha value is -3.65. The molecule has 2 unspecified atom stereocenters. The first-order valence-electron chi connectivity index (χ1n) is 13.1. The van der Waals surface area contributed by atoms with Crippen LogP contribution in [0.25, 0.3) is 21.1 Å². The average molecular weight is 553 g/mol.